The summed E-state index contributed by atoms with van der Waals surface area (Å²) in [6.45, 7) is 10.5. The number of nitrogens with one attached hydrogen (secondary N) is 1. The Labute approximate surface area is 121 Å². The van der Waals surface area contributed by atoms with Crippen LogP contribution >= 0.6 is 0 Å². The van der Waals surface area contributed by atoms with Crippen LogP contribution in [0, 0.1) is 5.41 Å². The Morgan fingerprint density at radius 2 is 1.85 bits per heavy atom. The lowest BCUT2D eigenvalue weighted by Gasteiger charge is -2.33. The monoisotopic (exact) mass is 278 g/mol. The zero-order chi connectivity index (χ0) is 15.6. The molecule has 1 aromatic rings. The van der Waals surface area contributed by atoms with E-state index in [0.29, 0.717) is 17.0 Å². The minimum atomic E-state index is -0.290. The number of nitrogens with two attached hydrogens (primary N) is 1. The Balaban J connectivity index is 2.86. The summed E-state index contributed by atoms with van der Waals surface area (Å²) in [5, 5.41) is 3.05. The molecule has 0 aromatic heterocycles. The Kier molecular flexibility index (Phi) is 4.69. The number of carbonyl (C=O) groups is 1. The second kappa shape index (κ2) is 5.73. The molecule has 0 atom stereocenters. The minimum absolute atomic E-state index is 0.141. The highest BCUT2D eigenvalue weighted by atomic mass is 16.5. The molecule has 0 spiro atoms. The van der Waals surface area contributed by atoms with Gasteiger partial charge in [0, 0.05) is 17.3 Å². The summed E-state index contributed by atoms with van der Waals surface area (Å²) in [6.07, 6.45) is 0.877. The van der Waals surface area contributed by atoms with Gasteiger partial charge in [-0.3, -0.25) is 4.79 Å². The third-order valence-corrected chi connectivity index (χ3v) is 2.93. The first-order valence-corrected chi connectivity index (χ1v) is 6.80. The molecular weight excluding hydrogens is 252 g/mol. The van der Waals surface area contributed by atoms with E-state index < -0.39 is 0 Å². The van der Waals surface area contributed by atoms with E-state index in [2.05, 4.69) is 26.1 Å². The van der Waals surface area contributed by atoms with Crippen LogP contribution in [0.25, 0.3) is 0 Å². The molecule has 1 aromatic carbocycles. The molecule has 0 unspecified atom stereocenters. The molecule has 1 rings (SSSR count). The van der Waals surface area contributed by atoms with Gasteiger partial charge in [0.25, 0.3) is 5.91 Å². The van der Waals surface area contributed by atoms with Crippen LogP contribution in [-0.2, 0) is 0 Å². The van der Waals surface area contributed by atoms with Gasteiger partial charge in [-0.05, 0) is 37.8 Å². The lowest BCUT2D eigenvalue weighted by molar-refractivity contribution is 0.0892. The first-order chi connectivity index (χ1) is 9.04. The molecule has 112 valence electrons. The van der Waals surface area contributed by atoms with Crippen LogP contribution in [0.4, 0.5) is 5.69 Å². The van der Waals surface area contributed by atoms with E-state index in [1.807, 2.05) is 13.8 Å². The first-order valence-electron chi connectivity index (χ1n) is 6.80. The summed E-state index contributed by atoms with van der Waals surface area (Å²) in [5.41, 5.74) is 6.66. The number of hydrogen-bond donors (Lipinski definition) is 2. The lowest BCUT2D eigenvalue weighted by atomic mass is 9.81. The average Bonchev–Trinajstić information content (AvgIpc) is 2.24. The molecule has 0 heterocycles. The predicted octanol–water partition coefficient (Wildman–Crippen LogP) is 3.22. The topological polar surface area (TPSA) is 64.3 Å². The van der Waals surface area contributed by atoms with E-state index in [4.69, 9.17) is 10.5 Å². The molecular formula is C16H26N2O2. The molecule has 0 aliphatic carbocycles. The largest absolute Gasteiger partial charge is 0.497 e. The number of rotatable bonds is 4. The maximum Gasteiger partial charge on any atom is 0.253 e. The van der Waals surface area contributed by atoms with Crippen molar-refractivity contribution < 1.29 is 9.53 Å². The number of ether oxygens (including phenoxy) is 1. The highest BCUT2D eigenvalue weighted by Crippen LogP contribution is 2.27. The molecule has 0 aliphatic rings. The predicted molar refractivity (Wildman–Crippen MR) is 83.0 cm³/mol. The Bertz CT molecular complexity index is 488. The van der Waals surface area contributed by atoms with Crippen LogP contribution < -0.4 is 15.8 Å². The van der Waals surface area contributed by atoms with Crippen molar-refractivity contribution in [3.8, 4) is 5.75 Å². The summed E-state index contributed by atoms with van der Waals surface area (Å²) >= 11 is 0. The molecule has 3 N–H and O–H groups in total. The van der Waals surface area contributed by atoms with Crippen molar-refractivity contribution in [2.75, 3.05) is 12.8 Å². The third kappa shape index (κ3) is 4.76. The highest BCUT2D eigenvalue weighted by molar-refractivity contribution is 5.99. The number of carbonyl (C=O) groups excluding carboxylic acids is 1. The van der Waals surface area contributed by atoms with Crippen LogP contribution in [-0.4, -0.2) is 18.6 Å². The van der Waals surface area contributed by atoms with E-state index in [0.717, 1.165) is 6.42 Å². The van der Waals surface area contributed by atoms with Gasteiger partial charge in [-0.15, -0.1) is 0 Å². The minimum Gasteiger partial charge on any atom is -0.497 e. The highest BCUT2D eigenvalue weighted by Gasteiger charge is 2.27. The molecule has 0 radical (unpaired) electrons. The fourth-order valence-electron chi connectivity index (χ4n) is 2.62. The van der Waals surface area contributed by atoms with E-state index in [1.165, 1.54) is 0 Å². The number of benzene rings is 1. The van der Waals surface area contributed by atoms with Gasteiger partial charge in [0.05, 0.1) is 12.7 Å². The lowest BCUT2D eigenvalue weighted by Crippen LogP contribution is -2.46. The zero-order valence-electron chi connectivity index (χ0n) is 13.3. The van der Waals surface area contributed by atoms with Gasteiger partial charge in [0.2, 0.25) is 0 Å². The molecule has 0 saturated heterocycles. The fraction of sp³-hybridized carbons (Fsp3) is 0.562. The van der Waals surface area contributed by atoms with E-state index in [1.54, 1.807) is 25.3 Å². The fourth-order valence-corrected chi connectivity index (χ4v) is 2.62. The average molecular weight is 278 g/mol. The summed E-state index contributed by atoms with van der Waals surface area (Å²) in [6, 6.07) is 5.09. The van der Waals surface area contributed by atoms with Crippen LogP contribution in [0.3, 0.4) is 0 Å². The molecule has 0 saturated carbocycles. The molecule has 4 nitrogen and oxygen atoms in total. The van der Waals surface area contributed by atoms with Gasteiger partial charge in [-0.25, -0.2) is 0 Å². The van der Waals surface area contributed by atoms with Gasteiger partial charge in [0.15, 0.2) is 0 Å². The summed E-state index contributed by atoms with van der Waals surface area (Å²) in [5.74, 6) is 0.493. The van der Waals surface area contributed by atoms with Crippen LogP contribution in [0.2, 0.25) is 0 Å². The Morgan fingerprint density at radius 1 is 1.25 bits per heavy atom. The quantitative estimate of drug-likeness (QED) is 0.831. The van der Waals surface area contributed by atoms with Crippen molar-refractivity contribution >= 4 is 11.6 Å². The van der Waals surface area contributed by atoms with Crippen LogP contribution in [0.1, 0.15) is 51.4 Å². The van der Waals surface area contributed by atoms with Crippen molar-refractivity contribution in [2.24, 2.45) is 5.41 Å². The molecule has 0 aliphatic heterocycles. The van der Waals surface area contributed by atoms with Gasteiger partial charge in [0.1, 0.15) is 5.75 Å². The maximum absolute atomic E-state index is 12.3. The maximum atomic E-state index is 12.3. The van der Waals surface area contributed by atoms with Crippen molar-refractivity contribution in [3.63, 3.8) is 0 Å². The smallest absolute Gasteiger partial charge is 0.253 e. The van der Waals surface area contributed by atoms with Gasteiger partial charge in [-0.2, -0.15) is 0 Å². The third-order valence-electron chi connectivity index (χ3n) is 2.93. The second-order valence-electron chi connectivity index (χ2n) is 7.03. The van der Waals surface area contributed by atoms with Crippen molar-refractivity contribution in [1.82, 2.24) is 5.32 Å². The zero-order valence-corrected chi connectivity index (χ0v) is 13.3. The van der Waals surface area contributed by atoms with E-state index in [-0.39, 0.29) is 16.9 Å². The molecule has 0 bridgehead atoms. The first kappa shape index (κ1) is 16.3. The normalized spacial score (nSPS) is 12.1. The number of amides is 1. The summed E-state index contributed by atoms with van der Waals surface area (Å²) in [7, 11) is 1.57. The SMILES string of the molecule is COc1ccc(C(=O)NC(C)(C)CC(C)(C)C)c(N)c1. The molecule has 1 amide bonds. The van der Waals surface area contributed by atoms with Crippen molar-refractivity contribution in [3.05, 3.63) is 23.8 Å². The van der Waals surface area contributed by atoms with Gasteiger partial charge in [-0.1, -0.05) is 20.8 Å². The second-order valence-corrected chi connectivity index (χ2v) is 7.03. The molecule has 20 heavy (non-hydrogen) atoms. The standard InChI is InChI=1S/C16H26N2O2/c1-15(2,3)10-16(4,5)18-14(19)12-8-7-11(20-6)9-13(12)17/h7-9H,10,17H2,1-6H3,(H,18,19). The number of anilines is 1. The van der Waals surface area contributed by atoms with Gasteiger partial charge < -0.3 is 15.8 Å². The van der Waals surface area contributed by atoms with Crippen molar-refractivity contribution in [2.45, 2.75) is 46.6 Å². The molecule has 4 heteroatoms. The Morgan fingerprint density at radius 3 is 2.30 bits per heavy atom. The summed E-state index contributed by atoms with van der Waals surface area (Å²) < 4.78 is 5.08. The van der Waals surface area contributed by atoms with E-state index >= 15 is 0 Å². The number of nitrogen functional groups attached to an aromatic ring is 1. The Hall–Kier alpha value is -1.71. The van der Waals surface area contributed by atoms with Crippen molar-refractivity contribution in [1.29, 1.82) is 0 Å². The number of methoxy groups -OCH3 is 1. The van der Waals surface area contributed by atoms with E-state index in [9.17, 15) is 4.79 Å². The number of hydrogen-bond acceptors (Lipinski definition) is 3. The van der Waals surface area contributed by atoms with Gasteiger partial charge >= 0.3 is 0 Å². The van der Waals surface area contributed by atoms with Crippen LogP contribution in [0.5, 0.6) is 5.75 Å². The molecule has 0 fully saturated rings. The van der Waals surface area contributed by atoms with Crippen LogP contribution in [0.15, 0.2) is 18.2 Å². The summed E-state index contributed by atoms with van der Waals surface area (Å²) in [4.78, 5) is 12.3.